The van der Waals surface area contributed by atoms with Gasteiger partial charge in [-0.2, -0.15) is 4.39 Å². The van der Waals surface area contributed by atoms with E-state index in [1.165, 1.54) is 6.07 Å². The van der Waals surface area contributed by atoms with Crippen LogP contribution in [0.4, 0.5) is 15.8 Å². The maximum Gasteiger partial charge on any atom is 0.306 e. The lowest BCUT2D eigenvalue weighted by molar-refractivity contribution is -0.387. The van der Waals surface area contributed by atoms with E-state index in [1.54, 1.807) is 12.1 Å². The number of benzene rings is 3. The van der Waals surface area contributed by atoms with Crippen molar-refractivity contribution in [2.45, 2.75) is 0 Å². The summed E-state index contributed by atoms with van der Waals surface area (Å²) in [4.78, 5) is 22.3. The highest BCUT2D eigenvalue weighted by Gasteiger charge is 2.15. The fraction of sp³-hybridized carbons (Fsp3) is 0. The average Bonchev–Trinajstić information content (AvgIpc) is 2.70. The first kappa shape index (κ1) is 19.1. The summed E-state index contributed by atoms with van der Waals surface area (Å²) < 4.78 is 13.4. The van der Waals surface area contributed by atoms with Gasteiger partial charge in [0.2, 0.25) is 5.82 Å². The molecule has 1 amide bonds. The zero-order valence-electron chi connectivity index (χ0n) is 14.4. The Labute approximate surface area is 165 Å². The molecule has 0 radical (unpaired) electrons. The summed E-state index contributed by atoms with van der Waals surface area (Å²) in [5.74, 6) is -1.39. The number of rotatable bonds is 4. The largest absolute Gasteiger partial charge is 0.332 e. The third-order valence-electron chi connectivity index (χ3n) is 3.88. The van der Waals surface area contributed by atoms with Crippen LogP contribution in [0.3, 0.4) is 0 Å². The van der Waals surface area contributed by atoms with Crippen LogP contribution in [-0.2, 0) is 0 Å². The van der Waals surface area contributed by atoms with E-state index in [0.29, 0.717) is 5.56 Å². The summed E-state index contributed by atoms with van der Waals surface area (Å²) in [6.45, 7) is 0. The molecule has 0 aliphatic heterocycles. The second-order valence-electron chi connectivity index (χ2n) is 5.77. The first-order chi connectivity index (χ1) is 13.4. The molecular formula is C20H14FN3O3S. The summed E-state index contributed by atoms with van der Waals surface area (Å²) in [6.07, 6.45) is 0. The van der Waals surface area contributed by atoms with E-state index in [2.05, 4.69) is 10.6 Å². The SMILES string of the molecule is O=C(NC(=S)Nc1ccc(F)c([N+](=O)[O-])c1)c1ccc(-c2ccccc2)cc1. The third kappa shape index (κ3) is 4.54. The number of anilines is 1. The van der Waals surface area contributed by atoms with Gasteiger partial charge in [-0.3, -0.25) is 20.2 Å². The molecular weight excluding hydrogens is 381 g/mol. The topological polar surface area (TPSA) is 84.3 Å². The minimum atomic E-state index is -0.955. The fourth-order valence-corrected chi connectivity index (χ4v) is 2.72. The molecule has 0 aliphatic rings. The number of nitrogens with one attached hydrogen (secondary N) is 2. The van der Waals surface area contributed by atoms with Crippen LogP contribution >= 0.6 is 12.2 Å². The molecule has 0 atom stereocenters. The summed E-state index contributed by atoms with van der Waals surface area (Å²) in [6, 6.07) is 20.0. The molecule has 3 aromatic rings. The Morgan fingerprint density at radius 3 is 2.25 bits per heavy atom. The van der Waals surface area contributed by atoms with Crippen molar-refractivity contribution >= 4 is 34.6 Å². The van der Waals surface area contributed by atoms with Crippen LogP contribution in [0.1, 0.15) is 10.4 Å². The fourth-order valence-electron chi connectivity index (χ4n) is 2.51. The van der Waals surface area contributed by atoms with Crippen LogP contribution in [0.2, 0.25) is 0 Å². The molecule has 3 rings (SSSR count). The van der Waals surface area contributed by atoms with Crippen LogP contribution in [-0.4, -0.2) is 15.9 Å². The standard InChI is InChI=1S/C20H14FN3O3S/c21-17-11-10-16(12-18(17)24(26)27)22-20(28)23-19(25)15-8-6-14(7-9-15)13-4-2-1-3-5-13/h1-12H,(H2,22,23,25,28). The molecule has 2 N–H and O–H groups in total. The van der Waals surface area contributed by atoms with Crippen LogP contribution in [0.25, 0.3) is 11.1 Å². The van der Waals surface area contributed by atoms with E-state index in [-0.39, 0.29) is 10.8 Å². The number of hydrogen-bond acceptors (Lipinski definition) is 4. The van der Waals surface area contributed by atoms with Crippen LogP contribution in [0, 0.1) is 15.9 Å². The summed E-state index contributed by atoms with van der Waals surface area (Å²) in [5, 5.41) is 15.8. The molecule has 0 aliphatic carbocycles. The monoisotopic (exact) mass is 395 g/mol. The normalized spacial score (nSPS) is 10.2. The molecule has 8 heteroatoms. The highest BCUT2D eigenvalue weighted by molar-refractivity contribution is 7.80. The Kier molecular flexibility index (Phi) is 5.71. The van der Waals surface area contributed by atoms with Gasteiger partial charge in [-0.1, -0.05) is 42.5 Å². The lowest BCUT2D eigenvalue weighted by Gasteiger charge is -2.10. The van der Waals surface area contributed by atoms with Gasteiger partial charge in [0, 0.05) is 17.3 Å². The van der Waals surface area contributed by atoms with E-state index in [1.807, 2.05) is 42.5 Å². The smallest absolute Gasteiger partial charge is 0.306 e. The van der Waals surface area contributed by atoms with E-state index in [9.17, 15) is 19.3 Å². The zero-order chi connectivity index (χ0) is 20.1. The molecule has 28 heavy (non-hydrogen) atoms. The van der Waals surface area contributed by atoms with Gasteiger partial charge >= 0.3 is 5.69 Å². The first-order valence-corrected chi connectivity index (χ1v) is 8.56. The number of carbonyl (C=O) groups is 1. The number of nitro benzene ring substituents is 1. The number of nitrogens with zero attached hydrogens (tertiary/aromatic N) is 1. The summed E-state index contributed by atoms with van der Waals surface area (Å²) in [5.41, 5.74) is 1.91. The van der Waals surface area contributed by atoms with Crippen molar-refractivity contribution in [3.8, 4) is 11.1 Å². The number of thiocarbonyl (C=S) groups is 1. The van der Waals surface area contributed by atoms with E-state index in [4.69, 9.17) is 12.2 Å². The van der Waals surface area contributed by atoms with Gasteiger partial charge in [-0.25, -0.2) is 0 Å². The molecule has 0 saturated heterocycles. The lowest BCUT2D eigenvalue weighted by Crippen LogP contribution is -2.34. The number of nitro groups is 1. The number of amides is 1. The van der Waals surface area contributed by atoms with Crippen molar-refractivity contribution in [1.29, 1.82) is 0 Å². The average molecular weight is 395 g/mol. The van der Waals surface area contributed by atoms with E-state index < -0.39 is 22.3 Å². The highest BCUT2D eigenvalue weighted by Crippen LogP contribution is 2.22. The molecule has 0 heterocycles. The highest BCUT2D eigenvalue weighted by atomic mass is 32.1. The van der Waals surface area contributed by atoms with Gasteiger partial charge < -0.3 is 5.32 Å². The molecule has 0 unspecified atom stereocenters. The molecule has 0 saturated carbocycles. The van der Waals surface area contributed by atoms with E-state index >= 15 is 0 Å². The van der Waals surface area contributed by atoms with Gasteiger partial charge in [0.05, 0.1) is 4.92 Å². The Morgan fingerprint density at radius 1 is 0.964 bits per heavy atom. The predicted molar refractivity (Wildman–Crippen MR) is 109 cm³/mol. The number of carbonyl (C=O) groups excluding carboxylic acids is 1. The first-order valence-electron chi connectivity index (χ1n) is 8.16. The zero-order valence-corrected chi connectivity index (χ0v) is 15.2. The van der Waals surface area contributed by atoms with Crippen LogP contribution in [0.15, 0.2) is 72.8 Å². The van der Waals surface area contributed by atoms with Gasteiger partial charge in [-0.15, -0.1) is 0 Å². The van der Waals surface area contributed by atoms with Crippen LogP contribution in [0.5, 0.6) is 0 Å². The third-order valence-corrected chi connectivity index (χ3v) is 4.09. The lowest BCUT2D eigenvalue weighted by atomic mass is 10.0. The van der Waals surface area contributed by atoms with Gasteiger partial charge in [0.25, 0.3) is 5.91 Å². The molecule has 140 valence electrons. The number of hydrogen-bond donors (Lipinski definition) is 2. The molecule has 3 aromatic carbocycles. The molecule has 6 nitrogen and oxygen atoms in total. The quantitative estimate of drug-likeness (QED) is 0.385. The van der Waals surface area contributed by atoms with Gasteiger partial charge in [0.1, 0.15) is 0 Å². The molecule has 0 spiro atoms. The molecule has 0 fully saturated rings. The Morgan fingerprint density at radius 2 is 1.61 bits per heavy atom. The van der Waals surface area contributed by atoms with Crippen molar-refractivity contribution < 1.29 is 14.1 Å². The van der Waals surface area contributed by atoms with E-state index in [0.717, 1.165) is 23.3 Å². The van der Waals surface area contributed by atoms with Crippen molar-refractivity contribution in [2.24, 2.45) is 0 Å². The molecule has 0 aromatic heterocycles. The minimum absolute atomic E-state index is 0.0574. The van der Waals surface area contributed by atoms with Crippen molar-refractivity contribution in [2.75, 3.05) is 5.32 Å². The Hall–Kier alpha value is -3.65. The maximum absolute atomic E-state index is 13.4. The summed E-state index contributed by atoms with van der Waals surface area (Å²) in [7, 11) is 0. The van der Waals surface area contributed by atoms with Crippen molar-refractivity contribution in [3.63, 3.8) is 0 Å². The Balaban J connectivity index is 1.65. The molecule has 0 bridgehead atoms. The second-order valence-corrected chi connectivity index (χ2v) is 6.18. The Bertz CT molecular complexity index is 1040. The number of halogens is 1. The van der Waals surface area contributed by atoms with Gasteiger partial charge in [-0.05, 0) is 47.6 Å². The minimum Gasteiger partial charge on any atom is -0.332 e. The van der Waals surface area contributed by atoms with Crippen molar-refractivity contribution in [3.05, 3.63) is 94.3 Å². The second kappa shape index (κ2) is 8.36. The summed E-state index contributed by atoms with van der Waals surface area (Å²) >= 11 is 5.05. The van der Waals surface area contributed by atoms with Gasteiger partial charge in [0.15, 0.2) is 5.11 Å². The van der Waals surface area contributed by atoms with Crippen molar-refractivity contribution in [1.82, 2.24) is 5.32 Å². The maximum atomic E-state index is 13.4. The predicted octanol–water partition coefficient (Wildman–Crippen LogP) is 4.53. The van der Waals surface area contributed by atoms with Crippen LogP contribution < -0.4 is 10.6 Å².